The predicted octanol–water partition coefficient (Wildman–Crippen LogP) is 3.10. The van der Waals surface area contributed by atoms with Crippen molar-refractivity contribution in [1.82, 2.24) is 0 Å². The van der Waals surface area contributed by atoms with Crippen LogP contribution < -0.4 is 10.1 Å². The molecule has 0 unspecified atom stereocenters. The Hall–Kier alpha value is -2.86. The average Bonchev–Trinajstić information content (AvgIpc) is 2.58. The number of amides is 1. The summed E-state index contributed by atoms with van der Waals surface area (Å²) in [6.45, 7) is 0.569. The van der Waals surface area contributed by atoms with Crippen LogP contribution in [0.1, 0.15) is 17.3 Å². The van der Waals surface area contributed by atoms with Crippen molar-refractivity contribution in [2.75, 3.05) is 18.5 Å². The third kappa shape index (κ3) is 5.93. The van der Waals surface area contributed by atoms with Crippen LogP contribution in [0.3, 0.4) is 0 Å². The molecule has 2 aromatic rings. The van der Waals surface area contributed by atoms with E-state index in [4.69, 9.17) is 21.1 Å². The SMILES string of the molecule is CC(=O)c1ccccc1NC(=O)COC(=O)COc1cccc(Cl)c1. The number of benzene rings is 2. The van der Waals surface area contributed by atoms with Crippen LogP contribution in [0.2, 0.25) is 5.02 Å². The van der Waals surface area contributed by atoms with Gasteiger partial charge in [-0.25, -0.2) is 4.79 Å². The first kappa shape index (κ1) is 18.5. The number of ether oxygens (including phenoxy) is 2. The predicted molar refractivity (Wildman–Crippen MR) is 93.0 cm³/mol. The number of para-hydroxylation sites is 1. The molecule has 0 aliphatic heterocycles. The van der Waals surface area contributed by atoms with Gasteiger partial charge in [0.1, 0.15) is 5.75 Å². The minimum atomic E-state index is -0.699. The van der Waals surface area contributed by atoms with Crippen LogP contribution in [0.4, 0.5) is 5.69 Å². The largest absolute Gasteiger partial charge is 0.482 e. The van der Waals surface area contributed by atoms with Gasteiger partial charge < -0.3 is 14.8 Å². The zero-order valence-corrected chi connectivity index (χ0v) is 14.2. The van der Waals surface area contributed by atoms with Gasteiger partial charge in [-0.15, -0.1) is 0 Å². The molecule has 0 aromatic heterocycles. The number of Topliss-reactive ketones (excluding diaryl/α,β-unsaturated/α-hetero) is 1. The second-order valence-corrected chi connectivity index (χ2v) is 5.49. The highest BCUT2D eigenvalue weighted by atomic mass is 35.5. The van der Waals surface area contributed by atoms with E-state index < -0.39 is 18.5 Å². The van der Waals surface area contributed by atoms with Gasteiger partial charge in [-0.3, -0.25) is 9.59 Å². The van der Waals surface area contributed by atoms with Gasteiger partial charge in [0.2, 0.25) is 0 Å². The molecule has 0 spiro atoms. The first-order valence-electron chi connectivity index (χ1n) is 7.39. The molecular formula is C18H16ClNO5. The Morgan fingerprint density at radius 2 is 1.80 bits per heavy atom. The Morgan fingerprint density at radius 3 is 2.52 bits per heavy atom. The average molecular weight is 362 g/mol. The lowest BCUT2D eigenvalue weighted by atomic mass is 10.1. The van der Waals surface area contributed by atoms with Crippen molar-refractivity contribution in [2.24, 2.45) is 0 Å². The molecule has 0 radical (unpaired) electrons. The molecule has 0 heterocycles. The smallest absolute Gasteiger partial charge is 0.344 e. The quantitative estimate of drug-likeness (QED) is 0.605. The van der Waals surface area contributed by atoms with Gasteiger partial charge >= 0.3 is 5.97 Å². The van der Waals surface area contributed by atoms with E-state index in [1.165, 1.54) is 6.92 Å². The molecule has 6 nitrogen and oxygen atoms in total. The van der Waals surface area contributed by atoms with E-state index in [0.717, 1.165) is 0 Å². The maximum absolute atomic E-state index is 11.9. The minimum Gasteiger partial charge on any atom is -0.482 e. The van der Waals surface area contributed by atoms with Crippen LogP contribution in [0, 0.1) is 0 Å². The summed E-state index contributed by atoms with van der Waals surface area (Å²) in [5.41, 5.74) is 0.748. The molecule has 130 valence electrons. The topological polar surface area (TPSA) is 81.7 Å². The summed E-state index contributed by atoms with van der Waals surface area (Å²) >= 11 is 5.80. The van der Waals surface area contributed by atoms with Crippen molar-refractivity contribution < 1.29 is 23.9 Å². The molecule has 0 saturated heterocycles. The lowest BCUT2D eigenvalue weighted by molar-refractivity contribution is -0.149. The molecule has 1 N–H and O–H groups in total. The summed E-state index contributed by atoms with van der Waals surface area (Å²) in [7, 11) is 0. The first-order valence-corrected chi connectivity index (χ1v) is 7.77. The third-order valence-electron chi connectivity index (χ3n) is 3.10. The fourth-order valence-corrected chi connectivity index (χ4v) is 2.15. The molecule has 7 heteroatoms. The number of carbonyl (C=O) groups is 3. The summed E-state index contributed by atoms with van der Waals surface area (Å²) in [5, 5.41) is 3.01. The number of anilines is 1. The van der Waals surface area contributed by atoms with E-state index in [0.29, 0.717) is 22.0 Å². The van der Waals surface area contributed by atoms with Crippen molar-refractivity contribution >= 4 is 34.9 Å². The Balaban J connectivity index is 1.80. The monoisotopic (exact) mass is 361 g/mol. The molecular weight excluding hydrogens is 346 g/mol. The van der Waals surface area contributed by atoms with Gasteiger partial charge in [-0.05, 0) is 37.3 Å². The Kier molecular flexibility index (Phi) is 6.54. The molecule has 0 aliphatic carbocycles. The normalized spacial score (nSPS) is 10.0. The van der Waals surface area contributed by atoms with E-state index in [1.807, 2.05) is 0 Å². The molecule has 25 heavy (non-hydrogen) atoms. The van der Waals surface area contributed by atoms with Gasteiger partial charge in [-0.1, -0.05) is 29.8 Å². The fraction of sp³-hybridized carbons (Fsp3) is 0.167. The van der Waals surface area contributed by atoms with Crippen LogP contribution >= 0.6 is 11.6 Å². The Morgan fingerprint density at radius 1 is 1.04 bits per heavy atom. The number of ketones is 1. The zero-order chi connectivity index (χ0) is 18.2. The van der Waals surface area contributed by atoms with Gasteiger partial charge in [0.15, 0.2) is 19.0 Å². The number of esters is 1. The zero-order valence-electron chi connectivity index (χ0n) is 13.5. The van der Waals surface area contributed by atoms with E-state index in [-0.39, 0.29) is 12.4 Å². The van der Waals surface area contributed by atoms with Crippen molar-refractivity contribution in [3.05, 3.63) is 59.1 Å². The first-order chi connectivity index (χ1) is 12.0. The van der Waals surface area contributed by atoms with Crippen molar-refractivity contribution in [2.45, 2.75) is 6.92 Å². The fourth-order valence-electron chi connectivity index (χ4n) is 1.97. The molecule has 1 amide bonds. The molecule has 0 fully saturated rings. The molecule has 0 aliphatic rings. The number of rotatable bonds is 7. The molecule has 0 saturated carbocycles. The van der Waals surface area contributed by atoms with Crippen molar-refractivity contribution in [3.63, 3.8) is 0 Å². The van der Waals surface area contributed by atoms with Crippen molar-refractivity contribution in [3.8, 4) is 5.75 Å². The van der Waals surface area contributed by atoms with E-state index in [9.17, 15) is 14.4 Å². The summed E-state index contributed by atoms with van der Waals surface area (Å²) < 4.78 is 10.0. The summed E-state index contributed by atoms with van der Waals surface area (Å²) in [6.07, 6.45) is 0. The lowest BCUT2D eigenvalue weighted by Gasteiger charge is -2.10. The molecule has 2 rings (SSSR count). The highest BCUT2D eigenvalue weighted by Gasteiger charge is 2.12. The van der Waals surface area contributed by atoms with Crippen molar-refractivity contribution in [1.29, 1.82) is 0 Å². The number of hydrogen-bond donors (Lipinski definition) is 1. The number of halogens is 1. The van der Waals surface area contributed by atoms with Crippen LogP contribution in [-0.2, 0) is 14.3 Å². The number of carbonyl (C=O) groups excluding carboxylic acids is 3. The maximum atomic E-state index is 11.9. The van der Waals surface area contributed by atoms with Gasteiger partial charge in [0, 0.05) is 10.6 Å². The third-order valence-corrected chi connectivity index (χ3v) is 3.33. The minimum absolute atomic E-state index is 0.178. The highest BCUT2D eigenvalue weighted by Crippen LogP contribution is 2.17. The van der Waals surface area contributed by atoms with Gasteiger partial charge in [0.25, 0.3) is 5.91 Å². The number of hydrogen-bond acceptors (Lipinski definition) is 5. The summed E-state index contributed by atoms with van der Waals surface area (Å²) in [6, 6.07) is 13.1. The van der Waals surface area contributed by atoms with Crippen LogP contribution in [0.15, 0.2) is 48.5 Å². The standard InChI is InChI=1S/C18H16ClNO5/c1-12(21)15-7-2-3-8-16(15)20-17(22)10-25-18(23)11-24-14-6-4-5-13(19)9-14/h2-9H,10-11H2,1H3,(H,20,22). The number of nitrogens with one attached hydrogen (secondary N) is 1. The Bertz CT molecular complexity index is 791. The summed E-state index contributed by atoms with van der Waals surface area (Å²) in [5.74, 6) is -1.01. The molecule has 0 bridgehead atoms. The van der Waals surface area contributed by atoms with Gasteiger partial charge in [0.05, 0.1) is 5.69 Å². The second kappa shape index (κ2) is 8.84. The maximum Gasteiger partial charge on any atom is 0.344 e. The highest BCUT2D eigenvalue weighted by molar-refractivity contribution is 6.30. The van der Waals surface area contributed by atoms with E-state index in [1.54, 1.807) is 48.5 Å². The second-order valence-electron chi connectivity index (χ2n) is 5.06. The summed E-state index contributed by atoms with van der Waals surface area (Å²) in [4.78, 5) is 35.0. The van der Waals surface area contributed by atoms with Crippen LogP contribution in [0.5, 0.6) is 5.75 Å². The van der Waals surface area contributed by atoms with Gasteiger partial charge in [-0.2, -0.15) is 0 Å². The molecule has 2 aromatic carbocycles. The Labute approximate surface area is 149 Å². The lowest BCUT2D eigenvalue weighted by Crippen LogP contribution is -2.24. The van der Waals surface area contributed by atoms with Crippen LogP contribution in [-0.4, -0.2) is 30.9 Å². The van der Waals surface area contributed by atoms with Crippen LogP contribution in [0.25, 0.3) is 0 Å². The van der Waals surface area contributed by atoms with E-state index in [2.05, 4.69) is 5.32 Å². The van der Waals surface area contributed by atoms with E-state index >= 15 is 0 Å². The molecule has 0 atom stereocenters.